The highest BCUT2D eigenvalue weighted by molar-refractivity contribution is 6.30. The molecule has 0 bridgehead atoms. The molecule has 1 aliphatic heterocycles. The third-order valence-corrected chi connectivity index (χ3v) is 4.37. The first-order valence-electron chi connectivity index (χ1n) is 7.79. The van der Waals surface area contributed by atoms with Crippen LogP contribution in [0.15, 0.2) is 28.8 Å². The number of hydrogen-bond acceptors (Lipinski definition) is 5. The lowest BCUT2D eigenvalue weighted by Crippen LogP contribution is -2.40. The van der Waals surface area contributed by atoms with Crippen LogP contribution in [0.2, 0.25) is 5.02 Å². The summed E-state index contributed by atoms with van der Waals surface area (Å²) >= 11 is 6.00. The summed E-state index contributed by atoms with van der Waals surface area (Å²) in [4.78, 5) is 6.91. The molecule has 23 heavy (non-hydrogen) atoms. The largest absolute Gasteiger partial charge is 0.338 e. The zero-order valence-corrected chi connectivity index (χ0v) is 14.5. The van der Waals surface area contributed by atoms with Crippen LogP contribution in [0.1, 0.15) is 31.6 Å². The molecule has 1 saturated heterocycles. The van der Waals surface area contributed by atoms with Crippen molar-refractivity contribution in [3.8, 4) is 11.4 Å². The molecular weight excluding hydrogens is 335 g/mol. The normalized spacial score (nSPS) is 18.6. The lowest BCUT2D eigenvalue weighted by Gasteiger charge is -2.34. The van der Waals surface area contributed by atoms with Gasteiger partial charge in [-0.15, -0.1) is 12.4 Å². The van der Waals surface area contributed by atoms with Gasteiger partial charge in [0.15, 0.2) is 0 Å². The van der Waals surface area contributed by atoms with Crippen molar-refractivity contribution in [1.29, 1.82) is 0 Å². The van der Waals surface area contributed by atoms with Crippen LogP contribution < -0.4 is 5.73 Å². The Morgan fingerprint density at radius 3 is 3.00 bits per heavy atom. The Kier molecular flexibility index (Phi) is 6.84. The zero-order valence-electron chi connectivity index (χ0n) is 12.9. The summed E-state index contributed by atoms with van der Waals surface area (Å²) in [6.45, 7) is 2.48. The fourth-order valence-electron chi connectivity index (χ4n) is 3.03. The number of likely N-dealkylation sites (tertiary alicyclic amines) is 1. The molecule has 1 aromatic heterocycles. The molecule has 1 aliphatic rings. The number of nitrogens with zero attached hydrogens (tertiary/aromatic N) is 3. The molecule has 1 fully saturated rings. The maximum Gasteiger partial charge on any atom is 0.241 e. The van der Waals surface area contributed by atoms with Gasteiger partial charge in [-0.25, -0.2) is 0 Å². The van der Waals surface area contributed by atoms with Crippen molar-refractivity contribution in [3.63, 3.8) is 0 Å². The summed E-state index contributed by atoms with van der Waals surface area (Å²) in [7, 11) is 0. The van der Waals surface area contributed by atoms with E-state index in [1.807, 2.05) is 24.3 Å². The second kappa shape index (κ2) is 8.64. The highest BCUT2D eigenvalue weighted by atomic mass is 35.5. The van der Waals surface area contributed by atoms with E-state index in [9.17, 15) is 0 Å². The summed E-state index contributed by atoms with van der Waals surface area (Å²) < 4.78 is 5.41. The van der Waals surface area contributed by atoms with E-state index in [1.165, 1.54) is 19.3 Å². The maximum atomic E-state index is 6.00. The second-order valence-corrected chi connectivity index (χ2v) is 6.16. The number of rotatable bonds is 5. The van der Waals surface area contributed by atoms with E-state index in [0.717, 1.165) is 25.1 Å². The van der Waals surface area contributed by atoms with E-state index in [-0.39, 0.29) is 12.4 Å². The van der Waals surface area contributed by atoms with Crippen LogP contribution in [0.3, 0.4) is 0 Å². The molecule has 126 valence electrons. The van der Waals surface area contributed by atoms with Gasteiger partial charge in [0.1, 0.15) is 0 Å². The molecule has 1 atom stereocenters. The molecule has 0 radical (unpaired) electrons. The third kappa shape index (κ3) is 4.67. The van der Waals surface area contributed by atoms with Gasteiger partial charge in [-0.3, -0.25) is 4.90 Å². The van der Waals surface area contributed by atoms with E-state index >= 15 is 0 Å². The van der Waals surface area contributed by atoms with Gasteiger partial charge < -0.3 is 10.3 Å². The molecule has 0 aliphatic carbocycles. The molecule has 2 heterocycles. The number of piperidine rings is 1. The number of aromatic nitrogens is 2. The Labute approximate surface area is 147 Å². The maximum absolute atomic E-state index is 6.00. The van der Waals surface area contributed by atoms with Gasteiger partial charge in [-0.2, -0.15) is 4.98 Å². The average Bonchev–Trinajstić information content (AvgIpc) is 2.98. The quantitative estimate of drug-likeness (QED) is 0.887. The summed E-state index contributed by atoms with van der Waals surface area (Å²) in [5.41, 5.74) is 6.59. The SMILES string of the molecule is Cl.NCCC1CCCCN1Cc1nc(-c2cccc(Cl)c2)no1. The molecule has 3 rings (SSSR count). The van der Waals surface area contributed by atoms with Crippen molar-refractivity contribution >= 4 is 24.0 Å². The van der Waals surface area contributed by atoms with Crippen molar-refractivity contribution < 1.29 is 4.52 Å². The summed E-state index contributed by atoms with van der Waals surface area (Å²) in [5, 5.41) is 4.74. The van der Waals surface area contributed by atoms with Crippen molar-refractivity contribution in [3.05, 3.63) is 35.2 Å². The molecule has 7 heteroatoms. The molecule has 1 unspecified atom stereocenters. The number of hydrogen-bond donors (Lipinski definition) is 1. The van der Waals surface area contributed by atoms with E-state index in [2.05, 4.69) is 15.0 Å². The minimum Gasteiger partial charge on any atom is -0.338 e. The van der Waals surface area contributed by atoms with Gasteiger partial charge in [0.05, 0.1) is 6.54 Å². The van der Waals surface area contributed by atoms with Gasteiger partial charge in [-0.05, 0) is 44.5 Å². The Morgan fingerprint density at radius 2 is 2.22 bits per heavy atom. The minimum absolute atomic E-state index is 0. The molecule has 0 saturated carbocycles. The van der Waals surface area contributed by atoms with Gasteiger partial charge in [0.25, 0.3) is 0 Å². The third-order valence-electron chi connectivity index (χ3n) is 4.14. The van der Waals surface area contributed by atoms with E-state index < -0.39 is 0 Å². The molecule has 2 aromatic rings. The predicted octanol–water partition coefficient (Wildman–Crippen LogP) is 3.52. The van der Waals surface area contributed by atoms with Crippen LogP contribution in [-0.2, 0) is 6.54 Å². The van der Waals surface area contributed by atoms with Crippen molar-refractivity contribution in [2.75, 3.05) is 13.1 Å². The van der Waals surface area contributed by atoms with Crippen molar-refractivity contribution in [2.45, 2.75) is 38.3 Å². The monoisotopic (exact) mass is 356 g/mol. The predicted molar refractivity (Wildman–Crippen MR) is 93.7 cm³/mol. The van der Waals surface area contributed by atoms with Crippen molar-refractivity contribution in [1.82, 2.24) is 15.0 Å². The topological polar surface area (TPSA) is 68.2 Å². The Bertz CT molecular complexity index is 618. The van der Waals surface area contributed by atoms with Crippen LogP contribution in [-0.4, -0.2) is 34.2 Å². The first-order chi connectivity index (χ1) is 10.8. The Morgan fingerprint density at radius 1 is 1.35 bits per heavy atom. The lowest BCUT2D eigenvalue weighted by atomic mass is 9.99. The smallest absolute Gasteiger partial charge is 0.241 e. The molecule has 0 spiro atoms. The van der Waals surface area contributed by atoms with Gasteiger partial charge in [-0.1, -0.05) is 35.3 Å². The minimum atomic E-state index is 0. The molecule has 5 nitrogen and oxygen atoms in total. The second-order valence-electron chi connectivity index (χ2n) is 5.72. The van der Waals surface area contributed by atoms with Crippen LogP contribution >= 0.6 is 24.0 Å². The van der Waals surface area contributed by atoms with E-state index in [1.54, 1.807) is 0 Å². The Balaban J connectivity index is 0.00000192. The first kappa shape index (κ1) is 18.2. The summed E-state index contributed by atoms with van der Waals surface area (Å²) in [5.74, 6) is 1.24. The first-order valence-corrected chi connectivity index (χ1v) is 8.16. The lowest BCUT2D eigenvalue weighted by molar-refractivity contribution is 0.118. The highest BCUT2D eigenvalue weighted by Gasteiger charge is 2.23. The molecule has 1 aromatic carbocycles. The van der Waals surface area contributed by atoms with Gasteiger partial charge in [0.2, 0.25) is 11.7 Å². The van der Waals surface area contributed by atoms with Gasteiger partial charge in [0, 0.05) is 16.6 Å². The zero-order chi connectivity index (χ0) is 15.4. The molecule has 0 amide bonds. The number of halogens is 2. The standard InChI is InChI=1S/C16H21ClN4O.ClH/c17-13-5-3-4-12(10-13)16-19-15(22-20-16)11-21-9-2-1-6-14(21)7-8-18;/h3-5,10,14H,1-2,6-9,11,18H2;1H. The van der Waals surface area contributed by atoms with E-state index in [4.69, 9.17) is 21.9 Å². The van der Waals surface area contributed by atoms with E-state index in [0.29, 0.717) is 29.3 Å². The average molecular weight is 357 g/mol. The van der Waals surface area contributed by atoms with Crippen LogP contribution in [0.4, 0.5) is 0 Å². The number of benzene rings is 1. The molecular formula is C16H22Cl2N4O. The summed E-state index contributed by atoms with van der Waals surface area (Å²) in [6.07, 6.45) is 4.72. The van der Waals surface area contributed by atoms with Crippen LogP contribution in [0.5, 0.6) is 0 Å². The fourth-order valence-corrected chi connectivity index (χ4v) is 3.22. The van der Waals surface area contributed by atoms with Crippen LogP contribution in [0, 0.1) is 0 Å². The fraction of sp³-hybridized carbons (Fsp3) is 0.500. The molecule has 2 N–H and O–H groups in total. The van der Waals surface area contributed by atoms with Gasteiger partial charge >= 0.3 is 0 Å². The van der Waals surface area contributed by atoms with Crippen LogP contribution in [0.25, 0.3) is 11.4 Å². The highest BCUT2D eigenvalue weighted by Crippen LogP contribution is 2.23. The Hall–Kier alpha value is -1.14. The summed E-state index contributed by atoms with van der Waals surface area (Å²) in [6, 6.07) is 8.01. The number of nitrogens with two attached hydrogens (primary N) is 1. The van der Waals surface area contributed by atoms with Crippen molar-refractivity contribution in [2.24, 2.45) is 5.73 Å².